The van der Waals surface area contributed by atoms with Crippen LogP contribution in [0.1, 0.15) is 18.9 Å². The molecule has 1 N–H and O–H groups in total. The lowest BCUT2D eigenvalue weighted by molar-refractivity contribution is 0.291. The Hall–Kier alpha value is -1.09. The topological polar surface area (TPSA) is 21.3 Å². The van der Waals surface area contributed by atoms with Gasteiger partial charge in [-0.15, -0.1) is 0 Å². The molecule has 84 valence electrons. The van der Waals surface area contributed by atoms with Gasteiger partial charge in [0.25, 0.3) is 0 Å². The summed E-state index contributed by atoms with van der Waals surface area (Å²) in [7, 11) is 1.92. The maximum Gasteiger partial charge on any atom is 0.123 e. The molecule has 0 saturated carbocycles. The van der Waals surface area contributed by atoms with E-state index in [1.807, 2.05) is 14.0 Å². The molecule has 0 fully saturated rings. The Morgan fingerprint density at radius 3 is 2.80 bits per heavy atom. The Morgan fingerprint density at radius 2 is 2.20 bits per heavy atom. The van der Waals surface area contributed by atoms with Gasteiger partial charge in [-0.25, -0.2) is 4.39 Å². The fourth-order valence-corrected chi connectivity index (χ4v) is 1.26. The highest BCUT2D eigenvalue weighted by Gasteiger charge is 2.02. The van der Waals surface area contributed by atoms with Crippen molar-refractivity contribution in [1.82, 2.24) is 5.32 Å². The smallest absolute Gasteiger partial charge is 0.123 e. The molecular formula is C12H18FNO. The number of rotatable bonds is 5. The second-order valence-electron chi connectivity index (χ2n) is 3.74. The minimum atomic E-state index is -0.219. The molecule has 0 heterocycles. The molecule has 1 atom stereocenters. The molecule has 0 aliphatic carbocycles. The Morgan fingerprint density at radius 1 is 1.47 bits per heavy atom. The molecule has 3 heteroatoms. The zero-order chi connectivity index (χ0) is 11.3. The van der Waals surface area contributed by atoms with Gasteiger partial charge in [0.05, 0.1) is 6.61 Å². The van der Waals surface area contributed by atoms with Crippen LogP contribution in [0.2, 0.25) is 0 Å². The van der Waals surface area contributed by atoms with Crippen molar-refractivity contribution < 1.29 is 9.13 Å². The fraction of sp³-hybridized carbons (Fsp3) is 0.500. The van der Waals surface area contributed by atoms with E-state index in [-0.39, 0.29) is 5.82 Å². The van der Waals surface area contributed by atoms with E-state index in [9.17, 15) is 4.39 Å². The molecule has 0 aliphatic heterocycles. The molecule has 0 aliphatic rings. The molecule has 0 saturated heterocycles. The van der Waals surface area contributed by atoms with Gasteiger partial charge in [0.15, 0.2) is 0 Å². The van der Waals surface area contributed by atoms with Crippen molar-refractivity contribution in [2.24, 2.45) is 0 Å². The summed E-state index contributed by atoms with van der Waals surface area (Å²) >= 11 is 0. The highest BCUT2D eigenvalue weighted by molar-refractivity contribution is 5.32. The van der Waals surface area contributed by atoms with E-state index in [0.717, 1.165) is 17.7 Å². The molecule has 15 heavy (non-hydrogen) atoms. The zero-order valence-corrected chi connectivity index (χ0v) is 9.51. The summed E-state index contributed by atoms with van der Waals surface area (Å²) in [5.74, 6) is 0.545. The number of hydrogen-bond donors (Lipinski definition) is 1. The molecule has 1 aromatic carbocycles. The van der Waals surface area contributed by atoms with E-state index in [1.165, 1.54) is 12.1 Å². The first-order chi connectivity index (χ1) is 7.13. The van der Waals surface area contributed by atoms with Gasteiger partial charge in [0.1, 0.15) is 11.6 Å². The summed E-state index contributed by atoms with van der Waals surface area (Å²) < 4.78 is 18.3. The Bertz CT molecular complexity index is 314. The summed E-state index contributed by atoms with van der Waals surface area (Å²) in [6.45, 7) is 4.59. The van der Waals surface area contributed by atoms with Crippen molar-refractivity contribution in [3.8, 4) is 5.75 Å². The quantitative estimate of drug-likeness (QED) is 0.808. The van der Waals surface area contributed by atoms with Crippen LogP contribution < -0.4 is 10.1 Å². The van der Waals surface area contributed by atoms with Crippen molar-refractivity contribution in [3.05, 3.63) is 29.6 Å². The van der Waals surface area contributed by atoms with E-state index in [4.69, 9.17) is 4.74 Å². The standard InChI is InChI=1S/C12H18FNO/c1-9-8-11(13)4-5-12(9)15-7-6-10(2)14-3/h4-5,8,10,14H,6-7H2,1-3H3. The lowest BCUT2D eigenvalue weighted by Gasteiger charge is -2.12. The normalized spacial score (nSPS) is 12.5. The first-order valence-corrected chi connectivity index (χ1v) is 5.19. The number of nitrogens with one attached hydrogen (secondary N) is 1. The van der Waals surface area contributed by atoms with Gasteiger partial charge < -0.3 is 10.1 Å². The molecule has 0 amide bonds. The second kappa shape index (κ2) is 5.71. The van der Waals surface area contributed by atoms with Gasteiger partial charge in [-0.05, 0) is 51.1 Å². The third-order valence-electron chi connectivity index (χ3n) is 2.44. The van der Waals surface area contributed by atoms with E-state index in [0.29, 0.717) is 12.6 Å². The van der Waals surface area contributed by atoms with E-state index >= 15 is 0 Å². The highest BCUT2D eigenvalue weighted by Crippen LogP contribution is 2.18. The molecule has 1 aromatic rings. The van der Waals surface area contributed by atoms with Crippen molar-refractivity contribution in [1.29, 1.82) is 0 Å². The minimum Gasteiger partial charge on any atom is -0.493 e. The summed E-state index contributed by atoms with van der Waals surface area (Å²) in [6, 6.07) is 5.01. The number of ether oxygens (including phenoxy) is 1. The molecule has 0 radical (unpaired) electrons. The van der Waals surface area contributed by atoms with E-state index in [2.05, 4.69) is 12.2 Å². The third-order valence-corrected chi connectivity index (χ3v) is 2.44. The minimum absolute atomic E-state index is 0.219. The maximum atomic E-state index is 12.8. The molecule has 0 bridgehead atoms. The van der Waals surface area contributed by atoms with Crippen molar-refractivity contribution in [2.75, 3.05) is 13.7 Å². The van der Waals surface area contributed by atoms with Crippen LogP contribution in [0.4, 0.5) is 4.39 Å². The van der Waals surface area contributed by atoms with Gasteiger partial charge in [0, 0.05) is 6.04 Å². The monoisotopic (exact) mass is 211 g/mol. The molecule has 0 spiro atoms. The molecule has 1 rings (SSSR count). The van der Waals surface area contributed by atoms with Crippen LogP contribution in [0, 0.1) is 12.7 Å². The highest BCUT2D eigenvalue weighted by atomic mass is 19.1. The first-order valence-electron chi connectivity index (χ1n) is 5.19. The average Bonchev–Trinajstić information content (AvgIpc) is 2.21. The first kappa shape index (κ1) is 12.0. The van der Waals surface area contributed by atoms with Crippen LogP contribution in [0.15, 0.2) is 18.2 Å². The lowest BCUT2D eigenvalue weighted by atomic mass is 10.2. The van der Waals surface area contributed by atoms with E-state index < -0.39 is 0 Å². The number of halogens is 1. The molecule has 0 aromatic heterocycles. The number of hydrogen-bond acceptors (Lipinski definition) is 2. The van der Waals surface area contributed by atoms with Gasteiger partial charge in [-0.2, -0.15) is 0 Å². The predicted molar refractivity (Wildman–Crippen MR) is 59.8 cm³/mol. The lowest BCUT2D eigenvalue weighted by Crippen LogP contribution is -2.23. The molecular weight excluding hydrogens is 193 g/mol. The third kappa shape index (κ3) is 3.88. The SMILES string of the molecule is CNC(C)CCOc1ccc(F)cc1C. The maximum absolute atomic E-state index is 12.8. The molecule has 1 unspecified atom stereocenters. The molecule has 2 nitrogen and oxygen atoms in total. The summed E-state index contributed by atoms with van der Waals surface area (Å²) in [6.07, 6.45) is 0.938. The van der Waals surface area contributed by atoms with Crippen molar-refractivity contribution in [2.45, 2.75) is 26.3 Å². The fourth-order valence-electron chi connectivity index (χ4n) is 1.26. The summed E-state index contributed by atoms with van der Waals surface area (Å²) in [4.78, 5) is 0. The Balaban J connectivity index is 2.44. The average molecular weight is 211 g/mol. The van der Waals surface area contributed by atoms with Gasteiger partial charge in [-0.3, -0.25) is 0 Å². The Labute approximate surface area is 90.4 Å². The van der Waals surface area contributed by atoms with Gasteiger partial charge in [-0.1, -0.05) is 0 Å². The van der Waals surface area contributed by atoms with Crippen LogP contribution in [-0.2, 0) is 0 Å². The van der Waals surface area contributed by atoms with Gasteiger partial charge in [0.2, 0.25) is 0 Å². The van der Waals surface area contributed by atoms with Gasteiger partial charge >= 0.3 is 0 Å². The number of aryl methyl sites for hydroxylation is 1. The summed E-state index contributed by atoms with van der Waals surface area (Å²) in [5, 5.41) is 3.13. The van der Waals surface area contributed by atoms with Crippen LogP contribution in [0.25, 0.3) is 0 Å². The van der Waals surface area contributed by atoms with Crippen LogP contribution in [0.5, 0.6) is 5.75 Å². The predicted octanol–water partition coefficient (Wildman–Crippen LogP) is 2.51. The Kier molecular flexibility index (Phi) is 4.56. The summed E-state index contributed by atoms with van der Waals surface area (Å²) in [5.41, 5.74) is 0.840. The van der Waals surface area contributed by atoms with E-state index in [1.54, 1.807) is 6.07 Å². The zero-order valence-electron chi connectivity index (χ0n) is 9.51. The largest absolute Gasteiger partial charge is 0.493 e. The van der Waals surface area contributed by atoms with Crippen LogP contribution in [-0.4, -0.2) is 19.7 Å². The second-order valence-corrected chi connectivity index (χ2v) is 3.74. The van der Waals surface area contributed by atoms with Crippen LogP contribution >= 0.6 is 0 Å². The van der Waals surface area contributed by atoms with Crippen LogP contribution in [0.3, 0.4) is 0 Å². The van der Waals surface area contributed by atoms with Crippen molar-refractivity contribution in [3.63, 3.8) is 0 Å². The van der Waals surface area contributed by atoms with Crippen molar-refractivity contribution >= 4 is 0 Å². The number of benzene rings is 1.